The van der Waals surface area contributed by atoms with Gasteiger partial charge in [-0.15, -0.1) is 0 Å². The summed E-state index contributed by atoms with van der Waals surface area (Å²) in [7, 11) is 0. The SMILES string of the molecule is C[C@H]([C@H](O)C/C=C/C(F)(F)F)[C@H]1CC[C@H]2[C@@H]3CCC4=CC(=O)CC[C@]4(C)[C@H]3CC[C@]12C. The lowest BCUT2D eigenvalue weighted by atomic mass is 9.46. The number of allylic oxidation sites excluding steroid dienone is 2. The highest BCUT2D eigenvalue weighted by Gasteiger charge is 2.59. The van der Waals surface area contributed by atoms with Crippen molar-refractivity contribution in [2.45, 2.75) is 90.8 Å². The van der Waals surface area contributed by atoms with E-state index in [1.807, 2.05) is 13.0 Å². The third-order valence-electron chi connectivity index (χ3n) is 9.96. The van der Waals surface area contributed by atoms with Crippen LogP contribution >= 0.6 is 0 Å². The molecule has 0 radical (unpaired) electrons. The second-order valence-electron chi connectivity index (χ2n) is 11.3. The third-order valence-corrected chi connectivity index (χ3v) is 9.96. The summed E-state index contributed by atoms with van der Waals surface area (Å²) in [6.07, 6.45) is 6.59. The Kier molecular flexibility index (Phi) is 5.98. The molecule has 174 valence electrons. The first kappa shape index (κ1) is 23.1. The van der Waals surface area contributed by atoms with Crippen LogP contribution in [0, 0.1) is 40.4 Å². The van der Waals surface area contributed by atoms with E-state index in [1.165, 1.54) is 5.57 Å². The quantitative estimate of drug-likeness (QED) is 0.500. The van der Waals surface area contributed by atoms with Crippen LogP contribution < -0.4 is 0 Å². The minimum Gasteiger partial charge on any atom is -0.393 e. The molecule has 31 heavy (non-hydrogen) atoms. The van der Waals surface area contributed by atoms with Gasteiger partial charge in [0.15, 0.2) is 5.78 Å². The zero-order chi connectivity index (χ0) is 22.6. The van der Waals surface area contributed by atoms with E-state index in [-0.39, 0.29) is 35.0 Å². The molecule has 0 aromatic heterocycles. The van der Waals surface area contributed by atoms with Gasteiger partial charge in [0, 0.05) is 12.5 Å². The van der Waals surface area contributed by atoms with E-state index in [4.69, 9.17) is 0 Å². The third kappa shape index (κ3) is 4.05. The molecule has 2 nitrogen and oxygen atoms in total. The molecule has 0 spiro atoms. The molecule has 8 atom stereocenters. The van der Waals surface area contributed by atoms with E-state index in [0.29, 0.717) is 30.1 Å². The molecule has 0 aromatic carbocycles. The van der Waals surface area contributed by atoms with Crippen LogP contribution in [0.1, 0.15) is 78.6 Å². The molecule has 0 bridgehead atoms. The Labute approximate surface area is 184 Å². The number of carbonyl (C=O) groups is 1. The molecule has 5 heteroatoms. The van der Waals surface area contributed by atoms with Gasteiger partial charge in [-0.25, -0.2) is 0 Å². The summed E-state index contributed by atoms with van der Waals surface area (Å²) >= 11 is 0. The summed E-state index contributed by atoms with van der Waals surface area (Å²) < 4.78 is 37.3. The zero-order valence-electron chi connectivity index (χ0n) is 19.0. The number of aliphatic hydroxyl groups excluding tert-OH is 1. The monoisotopic (exact) mass is 438 g/mol. The highest BCUT2D eigenvalue weighted by molar-refractivity contribution is 5.91. The maximum atomic E-state index is 12.4. The van der Waals surface area contributed by atoms with Gasteiger partial charge in [-0.3, -0.25) is 4.79 Å². The van der Waals surface area contributed by atoms with Gasteiger partial charge >= 0.3 is 6.18 Å². The molecule has 3 saturated carbocycles. The molecular weight excluding hydrogens is 401 g/mol. The molecule has 4 rings (SSSR count). The van der Waals surface area contributed by atoms with Gasteiger partial charge in [0.05, 0.1) is 6.10 Å². The van der Waals surface area contributed by atoms with E-state index in [0.717, 1.165) is 51.0 Å². The summed E-state index contributed by atoms with van der Waals surface area (Å²) in [6, 6.07) is 0. The summed E-state index contributed by atoms with van der Waals surface area (Å²) in [6.45, 7) is 6.81. The van der Waals surface area contributed by atoms with E-state index in [1.54, 1.807) is 0 Å². The van der Waals surface area contributed by atoms with E-state index in [2.05, 4.69) is 13.8 Å². The molecule has 0 aromatic rings. The van der Waals surface area contributed by atoms with Crippen molar-refractivity contribution in [3.05, 3.63) is 23.8 Å². The van der Waals surface area contributed by atoms with E-state index in [9.17, 15) is 23.1 Å². The Balaban J connectivity index is 1.49. The molecule has 0 saturated heterocycles. The zero-order valence-corrected chi connectivity index (χ0v) is 19.0. The molecule has 1 N–H and O–H groups in total. The molecule has 0 unspecified atom stereocenters. The van der Waals surface area contributed by atoms with Gasteiger partial charge in [0.2, 0.25) is 0 Å². The van der Waals surface area contributed by atoms with Gasteiger partial charge in [-0.1, -0.05) is 32.4 Å². The van der Waals surface area contributed by atoms with Crippen LogP contribution in [-0.4, -0.2) is 23.2 Å². The van der Waals surface area contributed by atoms with Crippen LogP contribution in [0.3, 0.4) is 0 Å². The van der Waals surface area contributed by atoms with Crippen molar-refractivity contribution < 1.29 is 23.1 Å². The fourth-order valence-electron chi connectivity index (χ4n) is 8.29. The number of rotatable bonds is 4. The van der Waals surface area contributed by atoms with Crippen molar-refractivity contribution in [2.75, 3.05) is 0 Å². The standard InChI is InChI=1S/C26H37F3O2/c1-16(23(31)5-4-12-26(27,28)29)20-8-9-21-19-7-6-17-15-18(30)10-13-24(17,2)22(19)11-14-25(20,21)3/h4,12,15-16,19-23,31H,5-11,13-14H2,1-3H3/b12-4+/t16-,19-,20+,21-,22-,23+,24-,25+/m0/s1. The molecule has 4 aliphatic carbocycles. The lowest BCUT2D eigenvalue weighted by molar-refractivity contribution is -0.117. The minimum atomic E-state index is -4.32. The topological polar surface area (TPSA) is 37.3 Å². The van der Waals surface area contributed by atoms with Crippen LogP contribution in [0.25, 0.3) is 0 Å². The first-order chi connectivity index (χ1) is 14.5. The lowest BCUT2D eigenvalue weighted by Crippen LogP contribution is -2.51. The first-order valence-electron chi connectivity index (χ1n) is 12.1. The molecular formula is C26H37F3O2. The van der Waals surface area contributed by atoms with Crippen molar-refractivity contribution in [3.8, 4) is 0 Å². The Morgan fingerprint density at radius 3 is 2.58 bits per heavy atom. The Morgan fingerprint density at radius 1 is 1.13 bits per heavy atom. The predicted octanol–water partition coefficient (Wildman–Crippen LogP) is 6.64. The second-order valence-corrected chi connectivity index (χ2v) is 11.3. The number of hydrogen-bond donors (Lipinski definition) is 1. The van der Waals surface area contributed by atoms with E-state index >= 15 is 0 Å². The highest BCUT2D eigenvalue weighted by Crippen LogP contribution is 2.67. The maximum absolute atomic E-state index is 12.4. The number of aliphatic hydroxyl groups is 1. The molecule has 0 aliphatic heterocycles. The van der Waals surface area contributed by atoms with Crippen LogP contribution in [0.2, 0.25) is 0 Å². The van der Waals surface area contributed by atoms with Crippen molar-refractivity contribution in [3.63, 3.8) is 0 Å². The number of fused-ring (bicyclic) bond motifs is 5. The molecule has 0 amide bonds. The van der Waals surface area contributed by atoms with Crippen LogP contribution in [0.15, 0.2) is 23.8 Å². The van der Waals surface area contributed by atoms with Crippen LogP contribution in [0.5, 0.6) is 0 Å². The van der Waals surface area contributed by atoms with Crippen LogP contribution in [0.4, 0.5) is 13.2 Å². The normalized spacial score (nSPS) is 42.5. The van der Waals surface area contributed by atoms with Crippen molar-refractivity contribution >= 4 is 5.78 Å². The first-order valence-corrected chi connectivity index (χ1v) is 12.1. The molecule has 4 aliphatic rings. The van der Waals surface area contributed by atoms with Gasteiger partial charge < -0.3 is 5.11 Å². The van der Waals surface area contributed by atoms with Gasteiger partial charge in [-0.2, -0.15) is 13.2 Å². The van der Waals surface area contributed by atoms with Crippen molar-refractivity contribution in [2.24, 2.45) is 40.4 Å². The van der Waals surface area contributed by atoms with Gasteiger partial charge in [-0.05, 0) is 97.9 Å². The van der Waals surface area contributed by atoms with Crippen LogP contribution in [-0.2, 0) is 4.79 Å². The van der Waals surface area contributed by atoms with Crippen molar-refractivity contribution in [1.82, 2.24) is 0 Å². The largest absolute Gasteiger partial charge is 0.409 e. The fourth-order valence-corrected chi connectivity index (χ4v) is 8.29. The smallest absolute Gasteiger partial charge is 0.393 e. The summed E-state index contributed by atoms with van der Waals surface area (Å²) in [5.41, 5.74) is 1.68. The number of alkyl halides is 3. The molecule has 3 fully saturated rings. The summed E-state index contributed by atoms with van der Waals surface area (Å²) in [4.78, 5) is 12.0. The highest BCUT2D eigenvalue weighted by atomic mass is 19.4. The van der Waals surface area contributed by atoms with Gasteiger partial charge in [0.1, 0.15) is 0 Å². The Bertz CT molecular complexity index is 769. The summed E-state index contributed by atoms with van der Waals surface area (Å²) in [5, 5.41) is 10.7. The second kappa shape index (κ2) is 8.04. The Morgan fingerprint density at radius 2 is 1.87 bits per heavy atom. The maximum Gasteiger partial charge on any atom is 0.409 e. The van der Waals surface area contributed by atoms with Gasteiger partial charge in [0.25, 0.3) is 0 Å². The molecule has 0 heterocycles. The van der Waals surface area contributed by atoms with Crippen molar-refractivity contribution in [1.29, 1.82) is 0 Å². The number of hydrogen-bond acceptors (Lipinski definition) is 2. The minimum absolute atomic E-state index is 0.00799. The average molecular weight is 439 g/mol. The Hall–Kier alpha value is -1.10. The van der Waals surface area contributed by atoms with E-state index < -0.39 is 12.3 Å². The number of ketones is 1. The number of carbonyl (C=O) groups excluding carboxylic acids is 1. The average Bonchev–Trinajstić information content (AvgIpc) is 3.04. The number of halogens is 3. The summed E-state index contributed by atoms with van der Waals surface area (Å²) in [5.74, 6) is 2.54. The predicted molar refractivity (Wildman–Crippen MR) is 115 cm³/mol. The fraction of sp³-hybridized carbons (Fsp3) is 0.808. The lowest BCUT2D eigenvalue weighted by Gasteiger charge is -2.58.